The Kier molecular flexibility index (Phi) is 17.1. The lowest BCUT2D eigenvalue weighted by atomic mass is 9.59. The van der Waals surface area contributed by atoms with E-state index in [4.69, 9.17) is 46.9 Å². The van der Waals surface area contributed by atoms with Gasteiger partial charge < -0.3 is 62.2 Å². The summed E-state index contributed by atoms with van der Waals surface area (Å²) >= 11 is 0. The molecule has 23 heteroatoms. The van der Waals surface area contributed by atoms with E-state index >= 15 is 0 Å². The number of aliphatic hydroxyl groups excluding tert-OH is 3. The molecule has 5 aromatic rings. The van der Waals surface area contributed by atoms with Crippen LogP contribution in [0.5, 0.6) is 40.8 Å². The number of esters is 2. The summed E-state index contributed by atoms with van der Waals surface area (Å²) in [6, 6.07) is 25.9. The molecule has 0 aliphatic carbocycles. The average molecular weight is 911 g/mol. The minimum absolute atomic E-state index is 0.0466. The van der Waals surface area contributed by atoms with Gasteiger partial charge in [-0.25, -0.2) is 0 Å². The van der Waals surface area contributed by atoms with E-state index in [-0.39, 0.29) is 72.6 Å². The van der Waals surface area contributed by atoms with E-state index in [0.717, 1.165) is 0 Å². The molecule has 6 rings (SSSR count). The largest absolute Gasteiger partial charge is 0.476 e. The fourth-order valence-corrected chi connectivity index (χ4v) is 6.39. The zero-order valence-corrected chi connectivity index (χ0v) is 36.2. The summed E-state index contributed by atoms with van der Waals surface area (Å²) in [4.78, 5) is 30.8. The number of nitriles is 3. The van der Waals surface area contributed by atoms with Gasteiger partial charge in [-0.2, -0.15) is 25.8 Å². The first-order valence-electron chi connectivity index (χ1n) is 20.4. The third-order valence-electron chi connectivity index (χ3n) is 9.46. The highest BCUT2D eigenvalue weighted by molar-refractivity contribution is 6.87. The number of ether oxygens (including phenoxy) is 7. The second-order valence-electron chi connectivity index (χ2n) is 14.2. The number of carbonyl (C=O) groups is 2. The summed E-state index contributed by atoms with van der Waals surface area (Å²) in [5, 5.41) is 60.2. The van der Waals surface area contributed by atoms with E-state index in [2.05, 4.69) is 9.97 Å². The molecule has 3 N–H and O–H groups in total. The van der Waals surface area contributed by atoms with Crippen LogP contribution in [0.15, 0.2) is 78.9 Å². The average Bonchev–Trinajstić information content (AvgIpc) is 3.33. The first-order chi connectivity index (χ1) is 32.4. The number of nitrogens with zero attached hydrogens (tertiary/aromatic N) is 5. The number of pyridine rings is 2. The quantitative estimate of drug-likeness (QED) is 0.0572. The van der Waals surface area contributed by atoms with Gasteiger partial charge in [0, 0.05) is 26.0 Å². The molecule has 0 saturated carbocycles. The monoisotopic (exact) mass is 911 g/mol. The molecule has 0 amide bonds. The first kappa shape index (κ1) is 48.8. The van der Waals surface area contributed by atoms with Crippen molar-refractivity contribution in [2.24, 2.45) is 0 Å². The van der Waals surface area contributed by atoms with Gasteiger partial charge in [0.05, 0.1) is 19.8 Å². The van der Waals surface area contributed by atoms with E-state index in [0.29, 0.717) is 38.8 Å². The van der Waals surface area contributed by atoms with E-state index in [1.807, 2.05) is 18.2 Å². The molecular weight excluding hydrogens is 871 g/mol. The van der Waals surface area contributed by atoms with E-state index in [1.54, 1.807) is 49.4 Å². The fraction of sp³-hybridized carbons (Fsp3) is 0.250. The Labute approximate surface area is 385 Å². The number of hydrogen-bond donors (Lipinski definition) is 3. The number of aliphatic hydroxyl groups is 3. The van der Waals surface area contributed by atoms with Crippen molar-refractivity contribution in [1.29, 1.82) is 15.8 Å². The third kappa shape index (κ3) is 13.0. The molecule has 1 atom stereocenters. The number of aromatic nitrogens is 2. The third-order valence-corrected chi connectivity index (χ3v) is 9.46. The Balaban J connectivity index is 1.30. The summed E-state index contributed by atoms with van der Waals surface area (Å²) in [7, 11) is -3.74. The van der Waals surface area contributed by atoms with Crippen LogP contribution < -0.4 is 40.1 Å². The molecule has 0 bridgehead atoms. The zero-order chi connectivity index (χ0) is 47.9. The van der Waals surface area contributed by atoms with Crippen LogP contribution >= 0.6 is 0 Å². The van der Waals surface area contributed by atoms with Crippen molar-refractivity contribution >= 4 is 49.7 Å². The van der Waals surface area contributed by atoms with Crippen molar-refractivity contribution in [2.45, 2.75) is 46.7 Å². The molecule has 2 aromatic heterocycles. The van der Waals surface area contributed by atoms with Gasteiger partial charge in [-0.15, -0.1) is 0 Å². The van der Waals surface area contributed by atoms with Crippen LogP contribution in [-0.4, -0.2) is 91.1 Å². The van der Waals surface area contributed by atoms with Crippen molar-refractivity contribution in [3.8, 4) is 59.0 Å². The van der Waals surface area contributed by atoms with Crippen LogP contribution in [0.25, 0.3) is 0 Å². The lowest BCUT2D eigenvalue weighted by Crippen LogP contribution is -2.62. The molecule has 0 radical (unpaired) electrons. The second kappa shape index (κ2) is 23.5. The molecule has 0 spiro atoms. The predicted molar refractivity (Wildman–Crippen MR) is 235 cm³/mol. The topological polar surface area (TPSA) is 284 Å². The highest BCUT2D eigenvalue weighted by Crippen LogP contribution is 2.28. The second-order valence-corrected chi connectivity index (χ2v) is 14.2. The number of hydrogen-bond acceptors (Lipinski definition) is 20. The zero-order valence-electron chi connectivity index (χ0n) is 36.2. The van der Waals surface area contributed by atoms with E-state index < -0.39 is 59.2 Å². The number of rotatable bonds is 20. The van der Waals surface area contributed by atoms with Crippen molar-refractivity contribution in [2.75, 3.05) is 26.4 Å². The van der Waals surface area contributed by atoms with Gasteiger partial charge in [-0.05, 0) is 88.5 Å². The summed E-state index contributed by atoms with van der Waals surface area (Å²) in [6.45, 7) is 2.33. The van der Waals surface area contributed by atoms with E-state index in [1.165, 1.54) is 50.2 Å². The van der Waals surface area contributed by atoms with Crippen LogP contribution in [0.2, 0.25) is 0 Å². The van der Waals surface area contributed by atoms with Crippen molar-refractivity contribution in [1.82, 2.24) is 9.97 Å². The van der Waals surface area contributed by atoms with Gasteiger partial charge >= 0.3 is 33.3 Å². The molecule has 3 aromatic carbocycles. The number of benzene rings is 3. The molecule has 1 saturated heterocycles. The van der Waals surface area contributed by atoms with Gasteiger partial charge in [-0.3, -0.25) is 9.59 Å². The lowest BCUT2D eigenvalue weighted by Gasteiger charge is -2.33. The molecule has 1 unspecified atom stereocenters. The summed E-state index contributed by atoms with van der Waals surface area (Å²) in [5.74, 6) is -0.198. The van der Waals surface area contributed by atoms with Crippen molar-refractivity contribution in [3.63, 3.8) is 0 Å². The standard InChI is InChI=1S/C44H40B3N5O15/c1-27(21-48)62-35-6-9-38(32(18-35)24-53)45-65-46(39-10-7-36(19-33(39)25-54)63-41-12-4-30(22-49)43(51-41)60-16-14-58-28(2)56)67-47(66-45)40-11-8-37(20-34(40)26-55)64-42-13-5-31(23-50)44(52-42)61-17-15-59-29(3)57/h4-13,18-20,27,53-55H,14-17,24-26H2,1-3H3. The summed E-state index contributed by atoms with van der Waals surface area (Å²) in [6.07, 6.45) is -0.780. The van der Waals surface area contributed by atoms with Crippen molar-refractivity contribution < 1.29 is 71.8 Å². The Morgan fingerprint density at radius 1 is 0.597 bits per heavy atom. The maximum atomic E-state index is 11.1. The van der Waals surface area contributed by atoms with Gasteiger partial charge in [0.25, 0.3) is 0 Å². The van der Waals surface area contributed by atoms with Crippen LogP contribution in [-0.2, 0) is 52.6 Å². The first-order valence-corrected chi connectivity index (χ1v) is 20.4. The number of carbonyl (C=O) groups excluding carboxylic acids is 2. The maximum Gasteiger partial charge on any atom is 0.467 e. The Morgan fingerprint density at radius 2 is 0.985 bits per heavy atom. The molecule has 1 fully saturated rings. The van der Waals surface area contributed by atoms with Crippen LogP contribution in [0, 0.1) is 34.0 Å². The van der Waals surface area contributed by atoms with Crippen molar-refractivity contribution in [3.05, 3.63) is 107 Å². The smallest absolute Gasteiger partial charge is 0.467 e. The summed E-state index contributed by atoms with van der Waals surface area (Å²) < 4.78 is 57.8. The van der Waals surface area contributed by atoms with Gasteiger partial charge in [0.2, 0.25) is 23.5 Å². The Bertz CT molecular complexity index is 2570. The Morgan fingerprint density at radius 3 is 1.34 bits per heavy atom. The molecule has 67 heavy (non-hydrogen) atoms. The normalized spacial score (nSPS) is 12.5. The SMILES string of the molecule is CC(=O)OCCOc1nc(Oc2ccc(B3OB(c4ccc(Oc5ccc(C#N)c(OCCOC(C)=O)n5)cc4CO)OB(c4ccc(OC(C)C#N)cc4CO)O3)c(CO)c2)ccc1C#N. The highest BCUT2D eigenvalue weighted by atomic mass is 16.7. The minimum atomic E-state index is -1.25. The molecule has 1 aliphatic rings. The fourth-order valence-electron chi connectivity index (χ4n) is 6.39. The van der Waals surface area contributed by atoms with Gasteiger partial charge in [0.1, 0.15) is 73.0 Å². The summed E-state index contributed by atoms with van der Waals surface area (Å²) in [5.41, 5.74) is 2.28. The molecule has 340 valence electrons. The highest BCUT2D eigenvalue weighted by Gasteiger charge is 2.45. The molecule has 1 aliphatic heterocycles. The van der Waals surface area contributed by atoms with Gasteiger partial charge in [-0.1, -0.05) is 18.2 Å². The maximum absolute atomic E-state index is 11.1. The molecule has 3 heterocycles. The van der Waals surface area contributed by atoms with Gasteiger partial charge in [0.15, 0.2) is 6.10 Å². The minimum Gasteiger partial charge on any atom is -0.476 e. The van der Waals surface area contributed by atoms with Crippen LogP contribution in [0.4, 0.5) is 0 Å². The predicted octanol–water partition coefficient (Wildman–Crippen LogP) is 2.01. The lowest BCUT2D eigenvalue weighted by molar-refractivity contribution is -0.142. The Hall–Kier alpha value is -7.68. The van der Waals surface area contributed by atoms with E-state index in [9.17, 15) is 40.7 Å². The van der Waals surface area contributed by atoms with Crippen LogP contribution in [0.3, 0.4) is 0 Å². The molecular formula is C44H40B3N5O15. The molecule has 20 nitrogen and oxygen atoms in total. The van der Waals surface area contributed by atoms with Crippen LogP contribution in [0.1, 0.15) is 48.6 Å².